The normalized spacial score (nSPS) is 14.5. The van der Waals surface area contributed by atoms with Crippen molar-refractivity contribution in [3.63, 3.8) is 0 Å². The highest BCUT2D eigenvalue weighted by Gasteiger charge is 2.18. The molecule has 0 aliphatic carbocycles. The second kappa shape index (κ2) is 12.5. The van der Waals surface area contributed by atoms with Gasteiger partial charge in [0.15, 0.2) is 0 Å². The average molecular weight is 441 g/mol. The molecule has 1 N–H and O–H groups in total. The molecular weight excluding hydrogens is 404 g/mol. The van der Waals surface area contributed by atoms with Crippen molar-refractivity contribution in [2.75, 3.05) is 33.4 Å². The molecule has 6 heteroatoms. The zero-order chi connectivity index (χ0) is 22.8. The van der Waals surface area contributed by atoms with Gasteiger partial charge in [-0.1, -0.05) is 24.3 Å². The minimum atomic E-state index is -0.0175. The molecule has 0 atom stereocenters. The van der Waals surface area contributed by atoms with Crippen molar-refractivity contribution in [2.45, 2.75) is 51.8 Å². The van der Waals surface area contributed by atoms with Gasteiger partial charge in [-0.3, -0.25) is 9.69 Å². The van der Waals surface area contributed by atoms with Crippen LogP contribution in [0.3, 0.4) is 0 Å². The first-order valence-electron chi connectivity index (χ1n) is 11.5. The van der Waals surface area contributed by atoms with Crippen LogP contribution in [0.15, 0.2) is 48.5 Å². The minimum absolute atomic E-state index is 0.0175. The lowest BCUT2D eigenvalue weighted by molar-refractivity contribution is -0.120. The third kappa shape index (κ3) is 8.17. The van der Waals surface area contributed by atoms with E-state index in [2.05, 4.69) is 17.3 Å². The fourth-order valence-electron chi connectivity index (χ4n) is 3.81. The smallest absolute Gasteiger partial charge is 0.224 e. The second-order valence-corrected chi connectivity index (χ2v) is 8.59. The van der Waals surface area contributed by atoms with Gasteiger partial charge >= 0.3 is 0 Å². The van der Waals surface area contributed by atoms with Crippen molar-refractivity contribution < 1.29 is 19.0 Å². The molecule has 0 aromatic heterocycles. The van der Waals surface area contributed by atoms with Crippen LogP contribution < -0.4 is 14.8 Å². The van der Waals surface area contributed by atoms with Crippen LogP contribution in [0, 0.1) is 0 Å². The Morgan fingerprint density at radius 2 is 1.78 bits per heavy atom. The van der Waals surface area contributed by atoms with Crippen LogP contribution in [-0.4, -0.2) is 56.4 Å². The van der Waals surface area contributed by atoms with E-state index in [1.165, 1.54) is 0 Å². The molecule has 1 amide bonds. The van der Waals surface area contributed by atoms with E-state index < -0.39 is 0 Å². The summed E-state index contributed by atoms with van der Waals surface area (Å²) in [6, 6.07) is 16.2. The fraction of sp³-hybridized carbons (Fsp3) is 0.500. The summed E-state index contributed by atoms with van der Waals surface area (Å²) in [5.41, 5.74) is 1.96. The van der Waals surface area contributed by atoms with Gasteiger partial charge in [0.1, 0.15) is 18.1 Å². The third-order valence-corrected chi connectivity index (χ3v) is 5.55. The SMILES string of the molecule is CC(C)Oc1cccc(CC(=O)NCc2cccc(OCCN(C)C3CCOCC3)c2)c1. The van der Waals surface area contributed by atoms with Gasteiger partial charge in [-0.05, 0) is 69.1 Å². The highest BCUT2D eigenvalue weighted by Crippen LogP contribution is 2.17. The number of rotatable bonds is 11. The summed E-state index contributed by atoms with van der Waals surface area (Å²) in [6.07, 6.45) is 2.60. The molecule has 174 valence electrons. The Balaban J connectivity index is 1.41. The van der Waals surface area contributed by atoms with E-state index >= 15 is 0 Å². The topological polar surface area (TPSA) is 60.0 Å². The summed E-state index contributed by atoms with van der Waals surface area (Å²) >= 11 is 0. The standard InChI is InChI=1S/C26H36N2O4/c1-20(2)32-25-9-4-6-21(16-25)18-26(29)27-19-22-7-5-8-24(17-22)31-15-12-28(3)23-10-13-30-14-11-23/h4-9,16-17,20,23H,10-15,18-19H2,1-3H3,(H,27,29). The molecule has 1 aliphatic heterocycles. The quantitative estimate of drug-likeness (QED) is 0.576. The van der Waals surface area contributed by atoms with E-state index in [4.69, 9.17) is 14.2 Å². The highest BCUT2D eigenvalue weighted by molar-refractivity contribution is 5.78. The Labute approximate surface area is 191 Å². The lowest BCUT2D eigenvalue weighted by Gasteiger charge is -2.31. The third-order valence-electron chi connectivity index (χ3n) is 5.55. The van der Waals surface area contributed by atoms with Crippen LogP contribution >= 0.6 is 0 Å². The van der Waals surface area contributed by atoms with Gasteiger partial charge in [0.05, 0.1) is 12.5 Å². The van der Waals surface area contributed by atoms with Crippen LogP contribution in [0.1, 0.15) is 37.8 Å². The van der Waals surface area contributed by atoms with E-state index in [-0.39, 0.29) is 12.0 Å². The molecule has 3 rings (SSSR count). The fourth-order valence-corrected chi connectivity index (χ4v) is 3.81. The summed E-state index contributed by atoms with van der Waals surface area (Å²) in [4.78, 5) is 14.8. The van der Waals surface area contributed by atoms with Crippen LogP contribution in [0.5, 0.6) is 11.5 Å². The summed E-state index contributed by atoms with van der Waals surface area (Å²) in [5, 5.41) is 3.00. The first kappa shape index (κ1) is 24.1. The van der Waals surface area contributed by atoms with Crippen molar-refractivity contribution in [1.29, 1.82) is 0 Å². The molecule has 1 saturated heterocycles. The number of likely N-dealkylation sites (N-methyl/N-ethyl adjacent to an activating group) is 1. The molecule has 1 fully saturated rings. The van der Waals surface area contributed by atoms with Crippen LogP contribution in [-0.2, 0) is 22.5 Å². The van der Waals surface area contributed by atoms with Crippen molar-refractivity contribution in [1.82, 2.24) is 10.2 Å². The first-order chi connectivity index (χ1) is 15.5. The summed E-state index contributed by atoms with van der Waals surface area (Å²) in [7, 11) is 2.15. The molecule has 32 heavy (non-hydrogen) atoms. The molecular formula is C26H36N2O4. The molecule has 2 aromatic carbocycles. The van der Waals surface area contributed by atoms with Gasteiger partial charge < -0.3 is 19.5 Å². The zero-order valence-electron chi connectivity index (χ0n) is 19.5. The largest absolute Gasteiger partial charge is 0.492 e. The van der Waals surface area contributed by atoms with Crippen LogP contribution in [0.25, 0.3) is 0 Å². The van der Waals surface area contributed by atoms with Crippen LogP contribution in [0.2, 0.25) is 0 Å². The van der Waals surface area contributed by atoms with Gasteiger partial charge in [-0.15, -0.1) is 0 Å². The van der Waals surface area contributed by atoms with E-state index in [1.54, 1.807) is 0 Å². The molecule has 2 aromatic rings. The highest BCUT2D eigenvalue weighted by atomic mass is 16.5. The number of nitrogens with zero attached hydrogens (tertiary/aromatic N) is 1. The molecule has 6 nitrogen and oxygen atoms in total. The number of ether oxygens (including phenoxy) is 3. The average Bonchev–Trinajstić information content (AvgIpc) is 2.78. The maximum atomic E-state index is 12.4. The van der Waals surface area contributed by atoms with Gasteiger partial charge in [0.25, 0.3) is 0 Å². The lowest BCUT2D eigenvalue weighted by atomic mass is 10.1. The van der Waals surface area contributed by atoms with E-state index in [0.29, 0.717) is 25.6 Å². The molecule has 0 bridgehead atoms. The summed E-state index contributed by atoms with van der Waals surface area (Å²) in [6.45, 7) is 7.66. The van der Waals surface area contributed by atoms with Crippen molar-refractivity contribution in [3.8, 4) is 11.5 Å². The van der Waals surface area contributed by atoms with Gasteiger partial charge in [-0.2, -0.15) is 0 Å². The Kier molecular flexibility index (Phi) is 9.38. The number of hydrogen-bond acceptors (Lipinski definition) is 5. The molecule has 0 saturated carbocycles. The van der Waals surface area contributed by atoms with Crippen LogP contribution in [0.4, 0.5) is 0 Å². The Hall–Kier alpha value is -2.57. The maximum absolute atomic E-state index is 12.4. The zero-order valence-corrected chi connectivity index (χ0v) is 19.5. The number of amides is 1. The van der Waals surface area contributed by atoms with Gasteiger partial charge in [0, 0.05) is 32.3 Å². The minimum Gasteiger partial charge on any atom is -0.492 e. The van der Waals surface area contributed by atoms with E-state index in [1.807, 2.05) is 62.4 Å². The van der Waals surface area contributed by atoms with Crippen molar-refractivity contribution in [2.24, 2.45) is 0 Å². The number of benzene rings is 2. The van der Waals surface area contributed by atoms with Crippen molar-refractivity contribution in [3.05, 3.63) is 59.7 Å². The molecule has 0 radical (unpaired) electrons. The van der Waals surface area contributed by atoms with Gasteiger partial charge in [0.2, 0.25) is 5.91 Å². The lowest BCUT2D eigenvalue weighted by Crippen LogP contribution is -2.38. The molecule has 1 heterocycles. The number of hydrogen-bond donors (Lipinski definition) is 1. The summed E-state index contributed by atoms with van der Waals surface area (Å²) < 4.78 is 17.1. The summed E-state index contributed by atoms with van der Waals surface area (Å²) in [5.74, 6) is 1.60. The van der Waals surface area contributed by atoms with Crippen molar-refractivity contribution >= 4 is 5.91 Å². The Morgan fingerprint density at radius 3 is 2.53 bits per heavy atom. The number of carbonyl (C=O) groups excluding carboxylic acids is 1. The molecule has 1 aliphatic rings. The monoisotopic (exact) mass is 440 g/mol. The maximum Gasteiger partial charge on any atom is 0.224 e. The number of nitrogens with one attached hydrogen (secondary N) is 1. The van der Waals surface area contributed by atoms with Gasteiger partial charge in [-0.25, -0.2) is 0 Å². The molecule has 0 spiro atoms. The predicted octanol–water partition coefficient (Wildman–Crippen LogP) is 3.82. The first-order valence-corrected chi connectivity index (χ1v) is 11.5. The predicted molar refractivity (Wildman–Crippen MR) is 126 cm³/mol. The van der Waals surface area contributed by atoms with E-state index in [0.717, 1.165) is 55.2 Å². The Morgan fingerprint density at radius 1 is 1.09 bits per heavy atom. The molecule has 0 unspecified atom stereocenters. The second-order valence-electron chi connectivity index (χ2n) is 8.59. The van der Waals surface area contributed by atoms with E-state index in [9.17, 15) is 4.79 Å². The number of carbonyl (C=O) groups is 1. The Bertz CT molecular complexity index is 849.